The van der Waals surface area contributed by atoms with Gasteiger partial charge >= 0.3 is 12.5 Å². The minimum absolute atomic E-state index is 0.00728. The van der Waals surface area contributed by atoms with Crippen molar-refractivity contribution in [3.63, 3.8) is 0 Å². The molecule has 0 aliphatic carbocycles. The van der Waals surface area contributed by atoms with Crippen LogP contribution in [0, 0.1) is 11.7 Å². The molecule has 3 rings (SSSR count). The lowest BCUT2D eigenvalue weighted by atomic mass is 9.85. The summed E-state index contributed by atoms with van der Waals surface area (Å²) in [6, 6.07) is 2.42. The van der Waals surface area contributed by atoms with E-state index in [1.807, 2.05) is 0 Å². The third-order valence-electron chi connectivity index (χ3n) is 5.15. The highest BCUT2D eigenvalue weighted by Gasteiger charge is 2.46. The van der Waals surface area contributed by atoms with Gasteiger partial charge in [0, 0.05) is 23.6 Å². The summed E-state index contributed by atoms with van der Waals surface area (Å²) in [5.74, 6) is -3.00. The largest absolute Gasteiger partial charge is 0.573 e. The first-order chi connectivity index (χ1) is 13.3. The van der Waals surface area contributed by atoms with Crippen LogP contribution in [0.15, 0.2) is 18.2 Å². The van der Waals surface area contributed by atoms with Crippen molar-refractivity contribution in [2.45, 2.75) is 70.5 Å². The minimum atomic E-state index is -5.01. The van der Waals surface area contributed by atoms with Gasteiger partial charge < -0.3 is 14.4 Å². The Morgan fingerprint density at radius 3 is 2.14 bits per heavy atom. The highest BCUT2D eigenvalue weighted by atomic mass is 19.4. The monoisotopic (exact) mass is 417 g/mol. The second kappa shape index (κ2) is 7.50. The van der Waals surface area contributed by atoms with Gasteiger partial charge in [-0.1, -0.05) is 0 Å². The van der Waals surface area contributed by atoms with Crippen LogP contribution in [0.1, 0.15) is 56.8 Å². The standard InChI is InChI=1S/C20H23F4NO4/c1-19(2,3)29-18(27)25-13-5-6-14(25)9-12(8-13)17(26)11-4-7-16(15(21)10-11)28-20(22,23)24/h4,7,10,12-14H,5-6,8-9H2,1-3H3. The molecule has 5 nitrogen and oxygen atoms in total. The van der Waals surface area contributed by atoms with Crippen LogP contribution in [0.4, 0.5) is 22.4 Å². The molecule has 29 heavy (non-hydrogen) atoms. The van der Waals surface area contributed by atoms with E-state index in [1.165, 1.54) is 0 Å². The minimum Gasteiger partial charge on any atom is -0.444 e. The lowest BCUT2D eigenvalue weighted by Crippen LogP contribution is -2.49. The second-order valence-corrected chi connectivity index (χ2v) is 8.50. The lowest BCUT2D eigenvalue weighted by molar-refractivity contribution is -0.275. The molecule has 1 amide bonds. The van der Waals surface area contributed by atoms with Gasteiger partial charge in [0.25, 0.3) is 0 Å². The number of hydrogen-bond acceptors (Lipinski definition) is 4. The van der Waals surface area contributed by atoms with Crippen molar-refractivity contribution in [2.75, 3.05) is 0 Å². The van der Waals surface area contributed by atoms with Crippen molar-refractivity contribution in [3.8, 4) is 5.75 Å². The number of carbonyl (C=O) groups excluding carboxylic acids is 2. The molecule has 0 spiro atoms. The van der Waals surface area contributed by atoms with Crippen molar-refractivity contribution in [2.24, 2.45) is 5.92 Å². The molecule has 2 heterocycles. The number of halogens is 4. The number of fused-ring (bicyclic) bond motifs is 2. The molecule has 2 bridgehead atoms. The Morgan fingerprint density at radius 1 is 1.07 bits per heavy atom. The van der Waals surface area contributed by atoms with Gasteiger partial charge in [0.15, 0.2) is 17.3 Å². The first-order valence-electron chi connectivity index (χ1n) is 9.45. The SMILES string of the molecule is CC(C)(C)OC(=O)N1C2CCC1CC(C(=O)c1ccc(OC(F)(F)F)c(F)c1)C2. The van der Waals surface area contributed by atoms with Gasteiger partial charge in [0.05, 0.1) is 0 Å². The molecule has 2 saturated heterocycles. The van der Waals surface area contributed by atoms with Crippen molar-refractivity contribution < 1.29 is 36.6 Å². The summed E-state index contributed by atoms with van der Waals surface area (Å²) in [5.41, 5.74) is -0.631. The van der Waals surface area contributed by atoms with Crippen LogP contribution >= 0.6 is 0 Å². The van der Waals surface area contributed by atoms with Crippen LogP contribution in [0.5, 0.6) is 5.75 Å². The first kappa shape index (κ1) is 21.4. The molecule has 2 unspecified atom stereocenters. The molecule has 2 atom stereocenters. The molecular formula is C20H23F4NO4. The average Bonchev–Trinajstić information content (AvgIpc) is 2.84. The van der Waals surface area contributed by atoms with Gasteiger partial charge in [-0.2, -0.15) is 0 Å². The molecule has 0 radical (unpaired) electrons. The van der Waals surface area contributed by atoms with E-state index in [9.17, 15) is 27.2 Å². The number of piperidine rings is 1. The number of Topliss-reactive ketones (excluding diaryl/α,β-unsaturated/α-hetero) is 1. The Bertz CT molecular complexity index is 789. The lowest BCUT2D eigenvalue weighted by Gasteiger charge is -2.39. The summed E-state index contributed by atoms with van der Waals surface area (Å²) < 4.78 is 59.8. The Morgan fingerprint density at radius 2 is 1.66 bits per heavy atom. The molecule has 2 aliphatic heterocycles. The summed E-state index contributed by atoms with van der Waals surface area (Å²) in [6.07, 6.45) is -3.09. The third kappa shape index (κ3) is 5.00. The van der Waals surface area contributed by atoms with Crippen molar-refractivity contribution in [1.29, 1.82) is 0 Å². The molecule has 9 heteroatoms. The summed E-state index contributed by atoms with van der Waals surface area (Å²) in [6.45, 7) is 5.34. The molecule has 160 valence electrons. The van der Waals surface area contributed by atoms with E-state index in [4.69, 9.17) is 4.74 Å². The number of ether oxygens (including phenoxy) is 2. The maximum atomic E-state index is 14.0. The Balaban J connectivity index is 1.70. The molecule has 2 fully saturated rings. The summed E-state index contributed by atoms with van der Waals surface area (Å²) in [7, 11) is 0. The van der Waals surface area contributed by atoms with Gasteiger partial charge in [-0.25, -0.2) is 9.18 Å². The predicted octanol–water partition coefficient (Wildman–Crippen LogP) is 5.09. The van der Waals surface area contributed by atoms with Crippen molar-refractivity contribution >= 4 is 11.9 Å². The average molecular weight is 417 g/mol. The fraction of sp³-hybridized carbons (Fsp3) is 0.600. The Labute approximate surface area is 166 Å². The van der Waals surface area contributed by atoms with Crippen LogP contribution in [-0.2, 0) is 4.74 Å². The predicted molar refractivity (Wildman–Crippen MR) is 95.0 cm³/mol. The van der Waals surface area contributed by atoms with Crippen LogP contribution < -0.4 is 4.74 Å². The number of ketones is 1. The highest BCUT2D eigenvalue weighted by Crippen LogP contribution is 2.41. The number of alkyl halides is 3. The van der Waals surface area contributed by atoms with E-state index >= 15 is 0 Å². The maximum absolute atomic E-state index is 14.0. The van der Waals surface area contributed by atoms with E-state index < -0.39 is 35.5 Å². The maximum Gasteiger partial charge on any atom is 0.573 e. The molecule has 1 aromatic rings. The summed E-state index contributed by atoms with van der Waals surface area (Å²) in [5, 5.41) is 0. The number of nitrogens with zero attached hydrogens (tertiary/aromatic N) is 1. The van der Waals surface area contributed by atoms with Gasteiger partial charge in [-0.15, -0.1) is 13.2 Å². The number of amides is 1. The van der Waals surface area contributed by atoms with Gasteiger partial charge in [0.2, 0.25) is 0 Å². The normalized spacial score (nSPS) is 24.4. The highest BCUT2D eigenvalue weighted by molar-refractivity contribution is 5.98. The molecular weight excluding hydrogens is 394 g/mol. The van der Waals surface area contributed by atoms with Crippen molar-refractivity contribution in [3.05, 3.63) is 29.6 Å². The summed E-state index contributed by atoms with van der Waals surface area (Å²) >= 11 is 0. The fourth-order valence-electron chi connectivity index (χ4n) is 4.10. The first-order valence-corrected chi connectivity index (χ1v) is 9.45. The van der Waals surface area contributed by atoms with Crippen LogP contribution in [0.3, 0.4) is 0 Å². The van der Waals surface area contributed by atoms with Gasteiger partial charge in [0.1, 0.15) is 5.60 Å². The smallest absolute Gasteiger partial charge is 0.444 e. The second-order valence-electron chi connectivity index (χ2n) is 8.50. The topological polar surface area (TPSA) is 55.8 Å². The number of carbonyl (C=O) groups is 2. The van der Waals surface area contributed by atoms with Crippen LogP contribution in [0.2, 0.25) is 0 Å². The van der Waals surface area contributed by atoms with Crippen LogP contribution in [-0.4, -0.2) is 40.8 Å². The zero-order valence-electron chi connectivity index (χ0n) is 16.4. The Hall–Kier alpha value is -2.32. The van der Waals surface area contributed by atoms with E-state index in [-0.39, 0.29) is 23.4 Å². The fourth-order valence-corrected chi connectivity index (χ4v) is 4.10. The summed E-state index contributed by atoms with van der Waals surface area (Å²) in [4.78, 5) is 27.0. The van der Waals surface area contributed by atoms with Crippen molar-refractivity contribution in [1.82, 2.24) is 4.90 Å². The number of rotatable bonds is 3. The zero-order chi connectivity index (χ0) is 21.6. The molecule has 0 N–H and O–H groups in total. The molecule has 1 aromatic carbocycles. The molecule has 2 aliphatic rings. The van der Waals surface area contributed by atoms with E-state index in [0.717, 1.165) is 31.0 Å². The molecule has 0 aromatic heterocycles. The van der Waals surface area contributed by atoms with Gasteiger partial charge in [-0.3, -0.25) is 4.79 Å². The third-order valence-corrected chi connectivity index (χ3v) is 5.15. The van der Waals surface area contributed by atoms with E-state index in [2.05, 4.69) is 4.74 Å². The number of hydrogen-bond donors (Lipinski definition) is 0. The van der Waals surface area contributed by atoms with Gasteiger partial charge in [-0.05, 0) is 64.7 Å². The van der Waals surface area contributed by atoms with Crippen LogP contribution in [0.25, 0.3) is 0 Å². The molecule has 0 saturated carbocycles. The zero-order valence-corrected chi connectivity index (χ0v) is 16.4. The quantitative estimate of drug-likeness (QED) is 0.508. The Kier molecular flexibility index (Phi) is 5.53. The van der Waals surface area contributed by atoms with E-state index in [0.29, 0.717) is 12.8 Å². The number of benzene rings is 1. The van der Waals surface area contributed by atoms with E-state index in [1.54, 1.807) is 25.7 Å².